The zero-order valence-corrected chi connectivity index (χ0v) is 9.68. The molecule has 1 aliphatic heterocycles. The molecule has 0 saturated carbocycles. The van der Waals surface area contributed by atoms with E-state index in [2.05, 4.69) is 15.8 Å². The number of hydrogen-bond acceptors (Lipinski definition) is 2. The van der Waals surface area contributed by atoms with E-state index >= 15 is 0 Å². The zero-order valence-electron chi connectivity index (χ0n) is 9.68. The Balaban J connectivity index is 2.45. The van der Waals surface area contributed by atoms with Gasteiger partial charge in [0.05, 0.1) is 17.3 Å². The molecule has 2 N–H and O–H groups in total. The Morgan fingerprint density at radius 1 is 1.32 bits per heavy atom. The first kappa shape index (κ1) is 13.3. The summed E-state index contributed by atoms with van der Waals surface area (Å²) in [5, 5.41) is 6.12. The number of carbonyl (C=O) groups excluding carboxylic acids is 1. The van der Waals surface area contributed by atoms with Gasteiger partial charge in [0, 0.05) is 5.56 Å². The fourth-order valence-electron chi connectivity index (χ4n) is 1.72. The Bertz CT molecular complexity index is 553. The van der Waals surface area contributed by atoms with Crippen LogP contribution in [0.5, 0.6) is 0 Å². The highest BCUT2D eigenvalue weighted by molar-refractivity contribution is 6.07. The van der Waals surface area contributed by atoms with Crippen molar-refractivity contribution in [3.05, 3.63) is 35.1 Å². The van der Waals surface area contributed by atoms with Crippen LogP contribution in [0.4, 0.5) is 22.4 Å². The zero-order chi connectivity index (χ0) is 14.2. The van der Waals surface area contributed by atoms with Gasteiger partial charge in [0.15, 0.2) is 0 Å². The second-order valence-corrected chi connectivity index (χ2v) is 4.00. The lowest BCUT2D eigenvalue weighted by Gasteiger charge is -2.21. The van der Waals surface area contributed by atoms with Crippen LogP contribution in [-0.4, -0.2) is 17.8 Å². The van der Waals surface area contributed by atoms with Gasteiger partial charge in [0.25, 0.3) is 0 Å². The van der Waals surface area contributed by atoms with Crippen LogP contribution in [0.3, 0.4) is 0 Å². The minimum atomic E-state index is -4.78. The number of rotatable bonds is 1. The number of hydrazone groups is 1. The monoisotopic (exact) mass is 275 g/mol. The van der Waals surface area contributed by atoms with Crippen molar-refractivity contribution in [2.45, 2.75) is 19.1 Å². The van der Waals surface area contributed by atoms with Crippen LogP contribution in [0.1, 0.15) is 18.1 Å². The smallest absolute Gasteiger partial charge is 0.328 e. The number of halogens is 4. The molecular formula is C11H9F4N3O. The third-order valence-electron chi connectivity index (χ3n) is 2.60. The minimum absolute atomic E-state index is 0.0914. The van der Waals surface area contributed by atoms with Gasteiger partial charge in [-0.15, -0.1) is 0 Å². The molecular weight excluding hydrogens is 266 g/mol. The molecule has 1 atom stereocenters. The van der Waals surface area contributed by atoms with Gasteiger partial charge in [0.1, 0.15) is 5.82 Å². The van der Waals surface area contributed by atoms with E-state index in [1.54, 1.807) is 6.92 Å². The molecule has 1 aromatic rings. The first-order valence-electron chi connectivity index (χ1n) is 5.30. The molecule has 102 valence electrons. The van der Waals surface area contributed by atoms with Crippen molar-refractivity contribution in [3.8, 4) is 0 Å². The van der Waals surface area contributed by atoms with Gasteiger partial charge in [-0.1, -0.05) is 6.07 Å². The van der Waals surface area contributed by atoms with Gasteiger partial charge in [-0.25, -0.2) is 14.6 Å². The number of nitrogens with zero attached hydrogens (tertiary/aromatic N) is 1. The number of carbonyl (C=O) groups is 1. The van der Waals surface area contributed by atoms with Gasteiger partial charge < -0.3 is 5.32 Å². The van der Waals surface area contributed by atoms with Crippen molar-refractivity contribution in [2.75, 3.05) is 0 Å². The third kappa shape index (κ3) is 2.67. The van der Waals surface area contributed by atoms with Crippen molar-refractivity contribution < 1.29 is 22.4 Å². The fourth-order valence-corrected chi connectivity index (χ4v) is 1.72. The van der Waals surface area contributed by atoms with Crippen LogP contribution < -0.4 is 10.7 Å². The highest BCUT2D eigenvalue weighted by atomic mass is 19.4. The number of urea groups is 1. The molecule has 0 unspecified atom stereocenters. The lowest BCUT2D eigenvalue weighted by molar-refractivity contribution is -0.140. The Kier molecular flexibility index (Phi) is 3.17. The number of benzene rings is 1. The van der Waals surface area contributed by atoms with E-state index in [1.165, 1.54) is 6.07 Å². The first-order valence-corrected chi connectivity index (χ1v) is 5.30. The summed E-state index contributed by atoms with van der Waals surface area (Å²) in [6.45, 7) is 1.56. The van der Waals surface area contributed by atoms with Crippen LogP contribution in [0.15, 0.2) is 23.3 Å². The number of nitrogens with one attached hydrogen (secondary N) is 2. The lowest BCUT2D eigenvalue weighted by atomic mass is 10.0. The van der Waals surface area contributed by atoms with Crippen molar-refractivity contribution >= 4 is 11.7 Å². The molecule has 0 aliphatic carbocycles. The quantitative estimate of drug-likeness (QED) is 0.759. The molecule has 19 heavy (non-hydrogen) atoms. The topological polar surface area (TPSA) is 53.5 Å². The largest absolute Gasteiger partial charge is 0.419 e. The molecule has 0 radical (unpaired) electrons. The summed E-state index contributed by atoms with van der Waals surface area (Å²) in [5.74, 6) is -1.35. The maximum atomic E-state index is 13.1. The van der Waals surface area contributed by atoms with Crippen molar-refractivity contribution in [3.63, 3.8) is 0 Å². The van der Waals surface area contributed by atoms with Crippen molar-refractivity contribution in [1.82, 2.24) is 10.7 Å². The minimum Gasteiger partial charge on any atom is -0.328 e. The van der Waals surface area contributed by atoms with E-state index < -0.39 is 29.6 Å². The standard InChI is InChI=1S/C11H9F4N3O/c1-5-9(17-18-10(19)16-5)6-2-3-8(12)7(4-6)11(13,14)15/h2-5H,1H3,(H2,16,18,19)/t5-/m0/s1. The summed E-state index contributed by atoms with van der Waals surface area (Å²) in [7, 11) is 0. The third-order valence-corrected chi connectivity index (χ3v) is 2.60. The van der Waals surface area contributed by atoms with Crippen LogP contribution in [0, 0.1) is 5.82 Å². The predicted molar refractivity (Wildman–Crippen MR) is 59.1 cm³/mol. The van der Waals surface area contributed by atoms with Gasteiger partial charge in [-0.2, -0.15) is 18.3 Å². The molecule has 8 heteroatoms. The molecule has 1 aromatic carbocycles. The summed E-state index contributed by atoms with van der Waals surface area (Å²) >= 11 is 0. The second kappa shape index (κ2) is 4.52. The second-order valence-electron chi connectivity index (χ2n) is 4.00. The predicted octanol–water partition coefficient (Wildman–Crippen LogP) is 2.25. The fraction of sp³-hybridized carbons (Fsp3) is 0.273. The Hall–Kier alpha value is -2.12. The summed E-state index contributed by atoms with van der Waals surface area (Å²) in [6, 6.07) is 1.46. The molecule has 0 saturated heterocycles. The van der Waals surface area contributed by atoms with Gasteiger partial charge in [-0.05, 0) is 19.1 Å². The number of hydrogen-bond donors (Lipinski definition) is 2. The molecule has 1 heterocycles. The van der Waals surface area contributed by atoms with E-state index in [0.29, 0.717) is 6.07 Å². The first-order chi connectivity index (χ1) is 8.79. The average molecular weight is 275 g/mol. The molecule has 0 bridgehead atoms. The Labute approximate surface area is 105 Å². The van der Waals surface area contributed by atoms with Crippen LogP contribution in [0.2, 0.25) is 0 Å². The molecule has 0 aromatic heterocycles. The lowest BCUT2D eigenvalue weighted by Crippen LogP contribution is -2.48. The summed E-state index contributed by atoms with van der Waals surface area (Å²) in [5.41, 5.74) is 1.02. The van der Waals surface area contributed by atoms with E-state index in [4.69, 9.17) is 0 Å². The SMILES string of the molecule is C[C@@H]1NC(=O)NN=C1c1ccc(F)c(C(F)(F)F)c1. The van der Waals surface area contributed by atoms with Gasteiger partial charge >= 0.3 is 12.2 Å². The molecule has 4 nitrogen and oxygen atoms in total. The van der Waals surface area contributed by atoms with E-state index in [-0.39, 0.29) is 11.3 Å². The molecule has 1 aliphatic rings. The van der Waals surface area contributed by atoms with Gasteiger partial charge in [0.2, 0.25) is 0 Å². The van der Waals surface area contributed by atoms with E-state index in [1.807, 2.05) is 0 Å². The Morgan fingerprint density at radius 3 is 2.58 bits per heavy atom. The van der Waals surface area contributed by atoms with Crippen LogP contribution in [0.25, 0.3) is 0 Å². The van der Waals surface area contributed by atoms with Crippen LogP contribution in [-0.2, 0) is 6.18 Å². The average Bonchev–Trinajstić information content (AvgIpc) is 2.29. The maximum absolute atomic E-state index is 13.1. The van der Waals surface area contributed by atoms with Gasteiger partial charge in [-0.3, -0.25) is 0 Å². The maximum Gasteiger partial charge on any atom is 0.419 e. The highest BCUT2D eigenvalue weighted by Crippen LogP contribution is 2.32. The van der Waals surface area contributed by atoms with E-state index in [9.17, 15) is 22.4 Å². The number of alkyl halides is 3. The van der Waals surface area contributed by atoms with Crippen molar-refractivity contribution in [1.29, 1.82) is 0 Å². The summed E-state index contributed by atoms with van der Waals surface area (Å²) in [6.07, 6.45) is -4.78. The highest BCUT2D eigenvalue weighted by Gasteiger charge is 2.35. The van der Waals surface area contributed by atoms with E-state index in [0.717, 1.165) is 6.07 Å². The normalized spacial score (nSPS) is 19.5. The molecule has 0 spiro atoms. The molecule has 0 fully saturated rings. The summed E-state index contributed by atoms with van der Waals surface area (Å²) in [4.78, 5) is 11.0. The van der Waals surface area contributed by atoms with Crippen molar-refractivity contribution in [2.24, 2.45) is 5.10 Å². The Morgan fingerprint density at radius 2 is 2.00 bits per heavy atom. The number of amides is 2. The summed E-state index contributed by atoms with van der Waals surface area (Å²) < 4.78 is 50.9. The van der Waals surface area contributed by atoms with Crippen LogP contribution >= 0.6 is 0 Å². The molecule has 2 rings (SSSR count). The molecule has 2 amide bonds.